The number of hydrogen-bond donors (Lipinski definition) is 1. The molecular formula is C22H18N6OS. The number of ether oxygens (including phenoxy) is 1. The molecule has 4 heterocycles. The Morgan fingerprint density at radius 1 is 1.23 bits per heavy atom. The van der Waals surface area contributed by atoms with Crippen molar-refractivity contribution in [2.75, 3.05) is 23.8 Å². The lowest BCUT2D eigenvalue weighted by molar-refractivity contribution is 0.329. The molecule has 0 saturated heterocycles. The number of aryl methyl sites for hydroxylation is 1. The van der Waals surface area contributed by atoms with Crippen molar-refractivity contribution >= 4 is 32.6 Å². The number of pyridine rings is 2. The molecule has 1 aliphatic heterocycles. The molecule has 4 aromatic rings. The largest absolute Gasteiger partial charge is 0.491 e. The number of benzene rings is 1. The fourth-order valence-corrected chi connectivity index (χ4v) is 4.45. The number of thiazole rings is 1. The highest BCUT2D eigenvalue weighted by Crippen LogP contribution is 2.35. The van der Waals surface area contributed by atoms with E-state index in [0.29, 0.717) is 36.2 Å². The molecule has 7 nitrogen and oxygen atoms in total. The molecule has 5 rings (SSSR count). The minimum Gasteiger partial charge on any atom is -0.491 e. The van der Waals surface area contributed by atoms with Crippen LogP contribution in [0.1, 0.15) is 16.7 Å². The highest BCUT2D eigenvalue weighted by molar-refractivity contribution is 7.21. The second-order valence-electron chi connectivity index (χ2n) is 7.14. The quantitative estimate of drug-likeness (QED) is 0.530. The molecule has 0 amide bonds. The zero-order valence-corrected chi connectivity index (χ0v) is 17.1. The van der Waals surface area contributed by atoms with E-state index in [2.05, 4.69) is 38.1 Å². The van der Waals surface area contributed by atoms with E-state index >= 15 is 0 Å². The SMILES string of the molecule is Cc1cc(-c2cnc3sc(N)nc3c2)cc2c1OCCN(c1ncccc1C#N)C2. The first kappa shape index (κ1) is 18.3. The number of fused-ring (bicyclic) bond motifs is 2. The number of nitriles is 1. The Hall–Kier alpha value is -3.70. The third kappa shape index (κ3) is 3.19. The number of nitrogens with two attached hydrogens (primary N) is 1. The van der Waals surface area contributed by atoms with Gasteiger partial charge in [0.2, 0.25) is 0 Å². The van der Waals surface area contributed by atoms with Gasteiger partial charge in [-0.1, -0.05) is 11.3 Å². The molecule has 2 N–H and O–H groups in total. The van der Waals surface area contributed by atoms with Gasteiger partial charge in [0.1, 0.15) is 34.6 Å². The topological polar surface area (TPSA) is 101 Å². The minimum atomic E-state index is 0.514. The summed E-state index contributed by atoms with van der Waals surface area (Å²) in [4.78, 5) is 16.2. The van der Waals surface area contributed by atoms with E-state index in [0.717, 1.165) is 38.4 Å². The maximum atomic E-state index is 9.47. The van der Waals surface area contributed by atoms with Gasteiger partial charge in [0.05, 0.1) is 12.1 Å². The number of aromatic nitrogens is 3. The average molecular weight is 414 g/mol. The Morgan fingerprint density at radius 2 is 2.13 bits per heavy atom. The van der Waals surface area contributed by atoms with Crippen LogP contribution in [0, 0.1) is 18.3 Å². The van der Waals surface area contributed by atoms with Crippen molar-refractivity contribution in [1.82, 2.24) is 15.0 Å². The normalized spacial score (nSPS) is 13.4. The first-order valence-corrected chi connectivity index (χ1v) is 10.3. The van der Waals surface area contributed by atoms with Gasteiger partial charge in [-0.3, -0.25) is 0 Å². The van der Waals surface area contributed by atoms with Crippen LogP contribution in [0.3, 0.4) is 0 Å². The fraction of sp³-hybridized carbons (Fsp3) is 0.182. The molecular weight excluding hydrogens is 396 g/mol. The van der Waals surface area contributed by atoms with Crippen molar-refractivity contribution in [3.05, 3.63) is 59.4 Å². The van der Waals surface area contributed by atoms with Crippen LogP contribution in [-0.4, -0.2) is 28.1 Å². The van der Waals surface area contributed by atoms with E-state index in [1.165, 1.54) is 11.3 Å². The maximum absolute atomic E-state index is 9.47. The van der Waals surface area contributed by atoms with Crippen molar-refractivity contribution < 1.29 is 4.74 Å². The van der Waals surface area contributed by atoms with Gasteiger partial charge in [0.25, 0.3) is 0 Å². The van der Waals surface area contributed by atoms with Crippen LogP contribution in [0.2, 0.25) is 0 Å². The van der Waals surface area contributed by atoms with Gasteiger partial charge in [-0.05, 0) is 48.4 Å². The summed E-state index contributed by atoms with van der Waals surface area (Å²) < 4.78 is 6.07. The molecule has 0 aliphatic carbocycles. The predicted octanol–water partition coefficient (Wildman–Crippen LogP) is 3.91. The fourth-order valence-electron chi connectivity index (χ4n) is 3.80. The summed E-state index contributed by atoms with van der Waals surface area (Å²) in [6, 6.07) is 12.0. The van der Waals surface area contributed by atoms with Crippen molar-refractivity contribution in [2.24, 2.45) is 0 Å². The van der Waals surface area contributed by atoms with Gasteiger partial charge in [-0.25, -0.2) is 15.0 Å². The summed E-state index contributed by atoms with van der Waals surface area (Å²) in [6.07, 6.45) is 3.56. The number of anilines is 2. The Kier molecular flexibility index (Phi) is 4.45. The van der Waals surface area contributed by atoms with E-state index in [1.54, 1.807) is 18.3 Å². The molecule has 148 valence electrons. The molecule has 0 bridgehead atoms. The van der Waals surface area contributed by atoms with Gasteiger partial charge in [0.15, 0.2) is 5.13 Å². The molecule has 0 unspecified atom stereocenters. The summed E-state index contributed by atoms with van der Waals surface area (Å²) >= 11 is 1.38. The van der Waals surface area contributed by atoms with Crippen molar-refractivity contribution in [3.63, 3.8) is 0 Å². The molecule has 0 radical (unpaired) electrons. The highest BCUT2D eigenvalue weighted by atomic mass is 32.1. The lowest BCUT2D eigenvalue weighted by Gasteiger charge is -2.22. The van der Waals surface area contributed by atoms with Crippen LogP contribution >= 0.6 is 11.3 Å². The lowest BCUT2D eigenvalue weighted by atomic mass is 9.99. The first-order chi connectivity index (χ1) is 14.6. The Morgan fingerprint density at radius 3 is 3.00 bits per heavy atom. The molecule has 0 fully saturated rings. The van der Waals surface area contributed by atoms with E-state index in [-0.39, 0.29) is 0 Å². The monoisotopic (exact) mass is 414 g/mol. The van der Waals surface area contributed by atoms with E-state index in [1.807, 2.05) is 19.2 Å². The molecule has 3 aromatic heterocycles. The first-order valence-electron chi connectivity index (χ1n) is 9.51. The van der Waals surface area contributed by atoms with Crippen LogP contribution in [0.5, 0.6) is 5.75 Å². The third-order valence-electron chi connectivity index (χ3n) is 5.12. The zero-order chi connectivity index (χ0) is 20.7. The molecule has 0 saturated carbocycles. The highest BCUT2D eigenvalue weighted by Gasteiger charge is 2.21. The summed E-state index contributed by atoms with van der Waals surface area (Å²) in [5.41, 5.74) is 11.3. The van der Waals surface area contributed by atoms with Crippen LogP contribution in [0.15, 0.2) is 42.7 Å². The van der Waals surface area contributed by atoms with Gasteiger partial charge in [0, 0.05) is 30.1 Å². The number of nitrogen functional groups attached to an aromatic ring is 1. The third-order valence-corrected chi connectivity index (χ3v) is 5.93. The lowest BCUT2D eigenvalue weighted by Crippen LogP contribution is -2.26. The molecule has 0 spiro atoms. The van der Waals surface area contributed by atoms with Crippen LogP contribution in [-0.2, 0) is 6.54 Å². The van der Waals surface area contributed by atoms with Crippen molar-refractivity contribution in [2.45, 2.75) is 13.5 Å². The zero-order valence-electron chi connectivity index (χ0n) is 16.3. The second-order valence-corrected chi connectivity index (χ2v) is 8.15. The van der Waals surface area contributed by atoms with Gasteiger partial charge in [-0.15, -0.1) is 0 Å². The van der Waals surface area contributed by atoms with Crippen LogP contribution in [0.25, 0.3) is 21.5 Å². The molecule has 30 heavy (non-hydrogen) atoms. The van der Waals surface area contributed by atoms with Crippen molar-refractivity contribution in [3.8, 4) is 22.9 Å². The molecule has 0 atom stereocenters. The Balaban J connectivity index is 1.57. The summed E-state index contributed by atoms with van der Waals surface area (Å²) in [5, 5.41) is 9.99. The molecule has 8 heteroatoms. The summed E-state index contributed by atoms with van der Waals surface area (Å²) in [7, 11) is 0. The van der Waals surface area contributed by atoms with E-state index < -0.39 is 0 Å². The second kappa shape index (κ2) is 7.28. The minimum absolute atomic E-state index is 0.514. The summed E-state index contributed by atoms with van der Waals surface area (Å²) in [6.45, 7) is 3.84. The number of rotatable bonds is 2. The van der Waals surface area contributed by atoms with E-state index in [9.17, 15) is 5.26 Å². The van der Waals surface area contributed by atoms with Gasteiger partial charge < -0.3 is 15.4 Å². The average Bonchev–Trinajstić information content (AvgIpc) is 2.99. The number of nitrogens with zero attached hydrogens (tertiary/aromatic N) is 5. The van der Waals surface area contributed by atoms with Crippen LogP contribution < -0.4 is 15.4 Å². The predicted molar refractivity (Wildman–Crippen MR) is 117 cm³/mol. The van der Waals surface area contributed by atoms with Gasteiger partial charge in [-0.2, -0.15) is 5.26 Å². The van der Waals surface area contributed by atoms with Gasteiger partial charge >= 0.3 is 0 Å². The smallest absolute Gasteiger partial charge is 0.182 e. The molecule has 1 aliphatic rings. The Labute approximate surface area is 177 Å². The van der Waals surface area contributed by atoms with E-state index in [4.69, 9.17) is 10.5 Å². The van der Waals surface area contributed by atoms with Crippen molar-refractivity contribution in [1.29, 1.82) is 5.26 Å². The Bertz CT molecular complexity index is 1310. The number of hydrogen-bond acceptors (Lipinski definition) is 8. The molecule has 1 aromatic carbocycles. The maximum Gasteiger partial charge on any atom is 0.182 e. The summed E-state index contributed by atoms with van der Waals surface area (Å²) in [5.74, 6) is 1.57. The standard InChI is InChI=1S/C22H18N6OS/c1-13-7-15(16-9-18-21(26-11-16)30-22(24)27-18)8-17-12-28(5-6-29-19(13)17)20-14(10-23)3-2-4-25-20/h2-4,7-9,11H,5-6,12H2,1H3,(H2,24,27). The van der Waals surface area contributed by atoms with Crippen LogP contribution in [0.4, 0.5) is 10.9 Å².